The molecule has 2 amide bonds. The van der Waals surface area contributed by atoms with Gasteiger partial charge in [0.15, 0.2) is 0 Å². The third-order valence-electron chi connectivity index (χ3n) is 6.22. The lowest BCUT2D eigenvalue weighted by Gasteiger charge is -2.22. The van der Waals surface area contributed by atoms with E-state index >= 15 is 0 Å². The molecule has 4 aromatic rings. The third-order valence-corrected chi connectivity index (χ3v) is 6.22. The summed E-state index contributed by atoms with van der Waals surface area (Å²) >= 11 is 0. The Balaban J connectivity index is 1.42. The van der Waals surface area contributed by atoms with Gasteiger partial charge in [-0.25, -0.2) is 9.59 Å². The van der Waals surface area contributed by atoms with Gasteiger partial charge in [-0.1, -0.05) is 115 Å². The van der Waals surface area contributed by atoms with Crippen molar-refractivity contribution >= 4 is 18.0 Å². The highest BCUT2D eigenvalue weighted by atomic mass is 16.5. The highest BCUT2D eigenvalue weighted by molar-refractivity contribution is 5.89. The van der Waals surface area contributed by atoms with Crippen LogP contribution in [0.2, 0.25) is 0 Å². The summed E-state index contributed by atoms with van der Waals surface area (Å²) in [7, 11) is 0. The molecule has 0 aliphatic rings. The molecule has 0 heterocycles. The molecule has 0 aromatic heterocycles. The van der Waals surface area contributed by atoms with Crippen LogP contribution in [0.4, 0.5) is 4.79 Å². The molecular weight excluding hydrogens is 492 g/mol. The van der Waals surface area contributed by atoms with Crippen LogP contribution in [-0.2, 0) is 33.8 Å². The van der Waals surface area contributed by atoms with Gasteiger partial charge in [0.25, 0.3) is 0 Å². The first kappa shape index (κ1) is 27.1. The number of aliphatic carboxylic acids is 1. The Morgan fingerprint density at radius 1 is 0.590 bits per heavy atom. The van der Waals surface area contributed by atoms with E-state index in [9.17, 15) is 19.5 Å². The Kier molecular flexibility index (Phi) is 9.45. The Morgan fingerprint density at radius 2 is 1.08 bits per heavy atom. The number of carboxylic acid groups (broad SMARTS) is 1. The van der Waals surface area contributed by atoms with Crippen LogP contribution in [-0.4, -0.2) is 35.2 Å². The zero-order valence-corrected chi connectivity index (χ0v) is 21.3. The van der Waals surface area contributed by atoms with Gasteiger partial charge < -0.3 is 20.5 Å². The van der Waals surface area contributed by atoms with Crippen LogP contribution < -0.4 is 10.6 Å². The van der Waals surface area contributed by atoms with Gasteiger partial charge in [0.05, 0.1) is 0 Å². The molecule has 0 aliphatic carbocycles. The van der Waals surface area contributed by atoms with E-state index in [4.69, 9.17) is 4.74 Å². The van der Waals surface area contributed by atoms with Gasteiger partial charge in [-0.15, -0.1) is 0 Å². The predicted octanol–water partition coefficient (Wildman–Crippen LogP) is 5.00. The molecule has 2 atom stereocenters. The number of carbonyl (C=O) groups excluding carboxylic acids is 2. The molecule has 4 aromatic carbocycles. The van der Waals surface area contributed by atoms with Crippen LogP contribution in [0.25, 0.3) is 11.1 Å². The van der Waals surface area contributed by atoms with E-state index < -0.39 is 30.1 Å². The molecule has 0 unspecified atom stereocenters. The van der Waals surface area contributed by atoms with E-state index in [1.54, 1.807) is 0 Å². The van der Waals surface area contributed by atoms with E-state index in [-0.39, 0.29) is 19.4 Å². The van der Waals surface area contributed by atoms with E-state index in [2.05, 4.69) is 10.6 Å². The minimum absolute atomic E-state index is 0.0447. The first-order chi connectivity index (χ1) is 19.0. The van der Waals surface area contributed by atoms with E-state index in [0.29, 0.717) is 0 Å². The van der Waals surface area contributed by atoms with Crippen molar-refractivity contribution in [3.05, 3.63) is 132 Å². The lowest BCUT2D eigenvalue weighted by molar-refractivity contribution is -0.142. The van der Waals surface area contributed by atoms with E-state index in [1.807, 2.05) is 115 Å². The number of carboxylic acids is 1. The van der Waals surface area contributed by atoms with Crippen molar-refractivity contribution in [1.29, 1.82) is 0 Å². The molecule has 39 heavy (non-hydrogen) atoms. The van der Waals surface area contributed by atoms with Crippen molar-refractivity contribution in [2.24, 2.45) is 0 Å². The molecule has 4 rings (SSSR count). The second kappa shape index (κ2) is 13.6. The minimum atomic E-state index is -1.18. The molecule has 0 bridgehead atoms. The number of amides is 2. The van der Waals surface area contributed by atoms with Crippen molar-refractivity contribution in [3.8, 4) is 11.1 Å². The number of carbonyl (C=O) groups is 3. The summed E-state index contributed by atoms with van der Waals surface area (Å²) in [6.07, 6.45) is -0.504. The zero-order valence-electron chi connectivity index (χ0n) is 21.3. The summed E-state index contributed by atoms with van der Waals surface area (Å²) in [4.78, 5) is 37.9. The summed E-state index contributed by atoms with van der Waals surface area (Å²) in [6.45, 7) is 0.0447. The molecule has 198 valence electrons. The van der Waals surface area contributed by atoms with Crippen LogP contribution in [0.15, 0.2) is 115 Å². The van der Waals surface area contributed by atoms with Crippen LogP contribution in [0.3, 0.4) is 0 Å². The third kappa shape index (κ3) is 8.30. The molecule has 7 nitrogen and oxygen atoms in total. The maximum atomic E-state index is 13.3. The average molecular weight is 523 g/mol. The van der Waals surface area contributed by atoms with Crippen molar-refractivity contribution < 1.29 is 24.2 Å². The van der Waals surface area contributed by atoms with Crippen molar-refractivity contribution in [1.82, 2.24) is 10.6 Å². The van der Waals surface area contributed by atoms with Gasteiger partial charge in [-0.2, -0.15) is 0 Å². The summed E-state index contributed by atoms with van der Waals surface area (Å²) in [5.74, 6) is -1.77. The van der Waals surface area contributed by atoms with Gasteiger partial charge >= 0.3 is 12.1 Å². The molecule has 0 saturated heterocycles. The fourth-order valence-electron chi connectivity index (χ4n) is 4.14. The number of rotatable bonds is 11. The van der Waals surface area contributed by atoms with Gasteiger partial charge in [0.1, 0.15) is 18.7 Å². The molecule has 0 fully saturated rings. The number of hydrogen-bond acceptors (Lipinski definition) is 4. The van der Waals surface area contributed by atoms with Crippen LogP contribution >= 0.6 is 0 Å². The van der Waals surface area contributed by atoms with Crippen LogP contribution in [0.5, 0.6) is 0 Å². The second-order valence-electron chi connectivity index (χ2n) is 9.11. The summed E-state index contributed by atoms with van der Waals surface area (Å²) in [5.41, 5.74) is 4.44. The molecule has 0 saturated carbocycles. The summed E-state index contributed by atoms with van der Waals surface area (Å²) < 4.78 is 5.30. The number of nitrogens with one attached hydrogen (secondary N) is 2. The number of alkyl carbamates (subject to hydrolysis) is 1. The Labute approximate surface area is 227 Å². The normalized spacial score (nSPS) is 12.1. The SMILES string of the molecule is O=C(N[C@@H](Cc1ccccc1)C(=O)N[C@@H](Cc1ccc(-c2ccccc2)cc1)C(=O)O)OCc1ccccc1. The topological polar surface area (TPSA) is 105 Å². The van der Waals surface area contributed by atoms with Gasteiger partial charge in [0, 0.05) is 12.8 Å². The zero-order chi connectivity index (χ0) is 27.5. The molecule has 3 N–H and O–H groups in total. The van der Waals surface area contributed by atoms with Crippen molar-refractivity contribution in [2.75, 3.05) is 0 Å². The number of hydrogen-bond donors (Lipinski definition) is 3. The second-order valence-corrected chi connectivity index (χ2v) is 9.11. The van der Waals surface area contributed by atoms with Crippen LogP contribution in [0, 0.1) is 0 Å². The lowest BCUT2D eigenvalue weighted by atomic mass is 10.00. The number of ether oxygens (including phenoxy) is 1. The van der Waals surface area contributed by atoms with Crippen molar-refractivity contribution in [3.63, 3.8) is 0 Å². The van der Waals surface area contributed by atoms with Crippen molar-refractivity contribution in [2.45, 2.75) is 31.5 Å². The maximum Gasteiger partial charge on any atom is 0.408 e. The first-order valence-electron chi connectivity index (χ1n) is 12.7. The quantitative estimate of drug-likeness (QED) is 0.257. The Bertz CT molecular complexity index is 1360. The fourth-order valence-corrected chi connectivity index (χ4v) is 4.14. The Morgan fingerprint density at radius 3 is 1.67 bits per heavy atom. The highest BCUT2D eigenvalue weighted by Crippen LogP contribution is 2.20. The smallest absolute Gasteiger partial charge is 0.408 e. The van der Waals surface area contributed by atoms with Gasteiger partial charge in [-0.3, -0.25) is 4.79 Å². The minimum Gasteiger partial charge on any atom is -0.480 e. The molecule has 0 aliphatic heterocycles. The van der Waals surface area contributed by atoms with E-state index in [1.165, 1.54) is 0 Å². The molecule has 0 radical (unpaired) electrons. The standard InChI is InChI=1S/C32H30N2O5/c35-30(33-29(31(36)37)21-24-16-18-27(19-17-24)26-14-8-3-9-15-26)28(20-23-10-4-1-5-11-23)34-32(38)39-22-25-12-6-2-7-13-25/h1-19,28-29H,20-22H2,(H,33,35)(H,34,38)(H,36,37)/t28-,29-/m0/s1. The monoisotopic (exact) mass is 522 g/mol. The predicted molar refractivity (Wildman–Crippen MR) is 149 cm³/mol. The fraction of sp³-hybridized carbons (Fsp3) is 0.156. The summed E-state index contributed by atoms with van der Waals surface area (Å²) in [6, 6.07) is 33.6. The molecule has 7 heteroatoms. The largest absolute Gasteiger partial charge is 0.480 e. The molecular formula is C32H30N2O5. The first-order valence-corrected chi connectivity index (χ1v) is 12.7. The van der Waals surface area contributed by atoms with Crippen LogP contribution in [0.1, 0.15) is 16.7 Å². The molecule has 0 spiro atoms. The lowest BCUT2D eigenvalue weighted by Crippen LogP contribution is -2.53. The average Bonchev–Trinajstić information content (AvgIpc) is 2.97. The summed E-state index contributed by atoms with van der Waals surface area (Å²) in [5, 5.41) is 15.1. The van der Waals surface area contributed by atoms with Gasteiger partial charge in [0.2, 0.25) is 5.91 Å². The Hall–Kier alpha value is -4.91. The maximum absolute atomic E-state index is 13.3. The van der Waals surface area contributed by atoms with E-state index in [0.717, 1.165) is 27.8 Å². The number of benzene rings is 4. The highest BCUT2D eigenvalue weighted by Gasteiger charge is 2.27. The van der Waals surface area contributed by atoms with Gasteiger partial charge in [-0.05, 0) is 27.8 Å².